The van der Waals surface area contributed by atoms with Crippen molar-refractivity contribution in [2.75, 3.05) is 11.9 Å². The van der Waals surface area contributed by atoms with E-state index in [9.17, 15) is 14.7 Å². The Morgan fingerprint density at radius 2 is 2.05 bits per heavy atom. The van der Waals surface area contributed by atoms with E-state index in [0.29, 0.717) is 23.2 Å². The normalized spacial score (nSPS) is 12.9. The fraction of sp³-hybridized carbons (Fsp3) is 0.400. The number of nitrogens with one attached hydrogen (secondary N) is 2. The van der Waals surface area contributed by atoms with Gasteiger partial charge in [-0.3, -0.25) is 9.59 Å². The number of carbonyl (C=O) groups excluding carboxylic acids is 2. The molecule has 1 atom stereocenters. The average molecular weight is 289 g/mol. The van der Waals surface area contributed by atoms with E-state index in [0.717, 1.165) is 0 Å². The SMILES string of the molecule is CC[C@](C)(CO)NC(=O)C(=O)Nc1cccc(C)c1C#N. The van der Waals surface area contributed by atoms with Gasteiger partial charge in [-0.2, -0.15) is 5.26 Å². The first kappa shape index (κ1) is 16.7. The Morgan fingerprint density at radius 1 is 1.38 bits per heavy atom. The molecular formula is C15H19N3O3. The van der Waals surface area contributed by atoms with E-state index in [1.165, 1.54) is 0 Å². The number of carbonyl (C=O) groups is 2. The fourth-order valence-electron chi connectivity index (χ4n) is 1.67. The lowest BCUT2D eigenvalue weighted by Crippen LogP contribution is -2.51. The maximum atomic E-state index is 11.9. The molecule has 1 aromatic rings. The molecule has 2 amide bonds. The van der Waals surface area contributed by atoms with Crippen molar-refractivity contribution in [3.8, 4) is 6.07 Å². The minimum Gasteiger partial charge on any atom is -0.394 e. The number of aliphatic hydroxyl groups is 1. The summed E-state index contributed by atoms with van der Waals surface area (Å²) in [5.74, 6) is -1.72. The maximum Gasteiger partial charge on any atom is 0.313 e. The van der Waals surface area contributed by atoms with Crippen molar-refractivity contribution in [1.82, 2.24) is 5.32 Å². The summed E-state index contributed by atoms with van der Waals surface area (Å²) in [6.07, 6.45) is 0.483. The van der Waals surface area contributed by atoms with E-state index in [2.05, 4.69) is 10.6 Å². The Morgan fingerprint density at radius 3 is 2.57 bits per heavy atom. The van der Waals surface area contributed by atoms with Gasteiger partial charge in [-0.15, -0.1) is 0 Å². The van der Waals surface area contributed by atoms with Crippen LogP contribution < -0.4 is 10.6 Å². The lowest BCUT2D eigenvalue weighted by molar-refractivity contribution is -0.137. The molecule has 112 valence electrons. The number of aryl methyl sites for hydroxylation is 1. The zero-order valence-corrected chi connectivity index (χ0v) is 12.4. The van der Waals surface area contributed by atoms with Crippen LogP contribution in [0.25, 0.3) is 0 Å². The van der Waals surface area contributed by atoms with Gasteiger partial charge in [0.1, 0.15) is 6.07 Å². The molecule has 0 fully saturated rings. The van der Waals surface area contributed by atoms with E-state index in [4.69, 9.17) is 5.26 Å². The Labute approximate surface area is 123 Å². The molecule has 0 aliphatic rings. The zero-order chi connectivity index (χ0) is 16.0. The van der Waals surface area contributed by atoms with Gasteiger partial charge in [0.25, 0.3) is 0 Å². The third-order valence-corrected chi connectivity index (χ3v) is 3.38. The quantitative estimate of drug-likeness (QED) is 0.722. The van der Waals surface area contributed by atoms with E-state index in [1.54, 1.807) is 39.0 Å². The summed E-state index contributed by atoms with van der Waals surface area (Å²) in [6.45, 7) is 4.92. The second kappa shape index (κ2) is 6.86. The van der Waals surface area contributed by atoms with Gasteiger partial charge in [0.2, 0.25) is 0 Å². The second-order valence-electron chi connectivity index (χ2n) is 5.09. The smallest absolute Gasteiger partial charge is 0.313 e. The first-order valence-corrected chi connectivity index (χ1v) is 6.61. The number of amides is 2. The number of aliphatic hydroxyl groups excluding tert-OH is 1. The van der Waals surface area contributed by atoms with Crippen LogP contribution in [-0.4, -0.2) is 29.1 Å². The molecule has 0 aliphatic carbocycles. The molecule has 0 bridgehead atoms. The summed E-state index contributed by atoms with van der Waals surface area (Å²) < 4.78 is 0. The van der Waals surface area contributed by atoms with Gasteiger partial charge in [0.05, 0.1) is 23.4 Å². The largest absolute Gasteiger partial charge is 0.394 e. The summed E-state index contributed by atoms with van der Waals surface area (Å²) in [5, 5.41) is 23.2. The molecule has 0 aromatic heterocycles. The van der Waals surface area contributed by atoms with E-state index in [1.807, 2.05) is 6.07 Å². The van der Waals surface area contributed by atoms with Crippen LogP contribution in [-0.2, 0) is 9.59 Å². The van der Waals surface area contributed by atoms with Crippen molar-refractivity contribution in [1.29, 1.82) is 5.26 Å². The van der Waals surface area contributed by atoms with Crippen molar-refractivity contribution in [2.24, 2.45) is 0 Å². The summed E-state index contributed by atoms with van der Waals surface area (Å²) >= 11 is 0. The third kappa shape index (κ3) is 4.04. The molecule has 21 heavy (non-hydrogen) atoms. The Hall–Kier alpha value is -2.39. The van der Waals surface area contributed by atoms with Crippen LogP contribution in [0, 0.1) is 18.3 Å². The molecule has 0 unspecified atom stereocenters. The summed E-state index contributed by atoms with van der Waals surface area (Å²) in [4.78, 5) is 23.7. The van der Waals surface area contributed by atoms with Gasteiger partial charge in [-0.25, -0.2) is 0 Å². The van der Waals surface area contributed by atoms with Crippen LogP contribution in [0.4, 0.5) is 5.69 Å². The van der Waals surface area contributed by atoms with Crippen LogP contribution >= 0.6 is 0 Å². The van der Waals surface area contributed by atoms with Crippen LogP contribution in [0.3, 0.4) is 0 Å². The highest BCUT2D eigenvalue weighted by atomic mass is 16.3. The highest BCUT2D eigenvalue weighted by molar-refractivity contribution is 6.39. The molecule has 0 saturated heterocycles. The molecule has 0 spiro atoms. The molecule has 6 heteroatoms. The van der Waals surface area contributed by atoms with Gasteiger partial charge in [0.15, 0.2) is 0 Å². The molecule has 1 aromatic carbocycles. The molecule has 0 heterocycles. The van der Waals surface area contributed by atoms with Crippen LogP contribution in [0.5, 0.6) is 0 Å². The van der Waals surface area contributed by atoms with Gasteiger partial charge < -0.3 is 15.7 Å². The number of hydrogen-bond donors (Lipinski definition) is 3. The number of nitrogens with zero attached hydrogens (tertiary/aromatic N) is 1. The van der Waals surface area contributed by atoms with Crippen molar-refractivity contribution in [3.05, 3.63) is 29.3 Å². The molecule has 6 nitrogen and oxygen atoms in total. The number of rotatable bonds is 4. The van der Waals surface area contributed by atoms with E-state index < -0.39 is 17.4 Å². The van der Waals surface area contributed by atoms with Crippen LogP contribution in [0.2, 0.25) is 0 Å². The lowest BCUT2D eigenvalue weighted by Gasteiger charge is -2.26. The van der Waals surface area contributed by atoms with Crippen molar-refractivity contribution in [2.45, 2.75) is 32.7 Å². The Balaban J connectivity index is 2.86. The average Bonchev–Trinajstić information content (AvgIpc) is 2.47. The standard InChI is InChI=1S/C15H19N3O3/c1-4-15(3,9-19)18-14(21)13(20)17-12-7-5-6-10(2)11(12)8-16/h5-7,19H,4,9H2,1-3H3,(H,17,20)(H,18,21)/t15-/m1/s1. The molecule has 0 saturated carbocycles. The second-order valence-corrected chi connectivity index (χ2v) is 5.09. The summed E-state index contributed by atoms with van der Waals surface area (Å²) in [5.41, 5.74) is 0.474. The molecule has 0 radical (unpaired) electrons. The molecular weight excluding hydrogens is 270 g/mol. The highest BCUT2D eigenvalue weighted by Crippen LogP contribution is 2.18. The minimum absolute atomic E-state index is 0.267. The first-order valence-electron chi connectivity index (χ1n) is 6.61. The molecule has 0 aliphatic heterocycles. The number of anilines is 1. The van der Waals surface area contributed by atoms with Gasteiger partial charge in [-0.05, 0) is 31.9 Å². The minimum atomic E-state index is -0.870. The number of nitriles is 1. The summed E-state index contributed by atoms with van der Waals surface area (Å²) in [7, 11) is 0. The third-order valence-electron chi connectivity index (χ3n) is 3.38. The van der Waals surface area contributed by atoms with E-state index >= 15 is 0 Å². The van der Waals surface area contributed by atoms with Crippen molar-refractivity contribution >= 4 is 17.5 Å². The number of hydrogen-bond acceptors (Lipinski definition) is 4. The zero-order valence-electron chi connectivity index (χ0n) is 12.4. The Bertz CT molecular complexity index is 586. The monoisotopic (exact) mass is 289 g/mol. The first-order chi connectivity index (χ1) is 9.86. The fourth-order valence-corrected chi connectivity index (χ4v) is 1.67. The maximum absolute atomic E-state index is 11.9. The van der Waals surface area contributed by atoms with Crippen molar-refractivity contribution in [3.63, 3.8) is 0 Å². The highest BCUT2D eigenvalue weighted by Gasteiger charge is 2.27. The van der Waals surface area contributed by atoms with Crippen molar-refractivity contribution < 1.29 is 14.7 Å². The van der Waals surface area contributed by atoms with Gasteiger partial charge in [0, 0.05) is 0 Å². The van der Waals surface area contributed by atoms with Crippen LogP contribution in [0.15, 0.2) is 18.2 Å². The molecule has 3 N–H and O–H groups in total. The lowest BCUT2D eigenvalue weighted by atomic mass is 10.0. The van der Waals surface area contributed by atoms with Gasteiger partial charge >= 0.3 is 11.8 Å². The topological polar surface area (TPSA) is 102 Å². The molecule has 1 rings (SSSR count). The van der Waals surface area contributed by atoms with E-state index in [-0.39, 0.29) is 6.61 Å². The van der Waals surface area contributed by atoms with Crippen LogP contribution in [0.1, 0.15) is 31.4 Å². The predicted octanol–water partition coefficient (Wildman–Crippen LogP) is 1.08. The summed E-state index contributed by atoms with van der Waals surface area (Å²) in [6, 6.07) is 6.98. The predicted molar refractivity (Wildman–Crippen MR) is 78.4 cm³/mol. The van der Waals surface area contributed by atoms with Gasteiger partial charge in [-0.1, -0.05) is 19.1 Å². The Kier molecular flexibility index (Phi) is 5.44. The number of benzene rings is 1.